The van der Waals surface area contributed by atoms with Gasteiger partial charge in [-0.05, 0) is 141 Å². The van der Waals surface area contributed by atoms with Crippen LogP contribution in [0, 0.1) is 36.0 Å². The van der Waals surface area contributed by atoms with Gasteiger partial charge < -0.3 is 71.5 Å². The van der Waals surface area contributed by atoms with Crippen molar-refractivity contribution in [1.29, 1.82) is 0 Å². The number of rotatable bonds is 25. The number of piperidine rings is 1. The molecule has 3 saturated heterocycles. The van der Waals surface area contributed by atoms with Crippen molar-refractivity contribution in [2.75, 3.05) is 32.0 Å². The average molecular weight is 1400 g/mol. The van der Waals surface area contributed by atoms with Gasteiger partial charge in [0.25, 0.3) is 0 Å². The van der Waals surface area contributed by atoms with Crippen LogP contribution in [0.4, 0.5) is 15.3 Å². The lowest BCUT2D eigenvalue weighted by atomic mass is 9.72. The van der Waals surface area contributed by atoms with Crippen LogP contribution >= 0.6 is 11.3 Å². The number of amides is 9. The van der Waals surface area contributed by atoms with Gasteiger partial charge in [-0.25, -0.2) is 19.4 Å². The number of fused-ring (bicyclic) bond motifs is 1. The van der Waals surface area contributed by atoms with Crippen molar-refractivity contribution in [3.05, 3.63) is 51.5 Å². The highest BCUT2D eigenvalue weighted by Crippen LogP contribution is 2.45. The van der Waals surface area contributed by atoms with E-state index in [0.29, 0.717) is 62.9 Å². The van der Waals surface area contributed by atoms with E-state index in [9.17, 15) is 57.8 Å². The number of cyclic esters (lactones) is 1. The Kier molecular flexibility index (Phi) is 29.8. The number of aliphatic hydroxyl groups is 1. The monoisotopic (exact) mass is 1400 g/mol. The van der Waals surface area contributed by atoms with E-state index in [1.54, 1.807) is 70.0 Å². The van der Waals surface area contributed by atoms with Crippen LogP contribution in [0.15, 0.2) is 36.0 Å². The number of aromatic nitrogens is 1. The minimum atomic E-state index is -1.62. The Balaban J connectivity index is 0.979. The smallest absolute Gasteiger partial charge is 0.408 e. The lowest BCUT2D eigenvalue weighted by Crippen LogP contribution is -2.58. The number of anilines is 1. The van der Waals surface area contributed by atoms with Crippen LogP contribution in [-0.2, 0) is 68.7 Å². The van der Waals surface area contributed by atoms with Crippen molar-refractivity contribution >= 4 is 88.4 Å². The number of epoxide rings is 1. The summed E-state index contributed by atoms with van der Waals surface area (Å²) in [5.41, 5.74) is 3.23. The summed E-state index contributed by atoms with van der Waals surface area (Å²) in [7, 11) is 1.39. The fourth-order valence-electron chi connectivity index (χ4n) is 13.2. The first kappa shape index (κ1) is 80.5. The van der Waals surface area contributed by atoms with Crippen molar-refractivity contribution in [2.45, 2.75) is 265 Å². The number of aryl methyl sites for hydroxylation is 1. The van der Waals surface area contributed by atoms with Crippen LogP contribution in [0.2, 0.25) is 0 Å². The van der Waals surface area contributed by atoms with E-state index in [1.807, 2.05) is 33.8 Å². The molecule has 9 amide bonds. The average Bonchev–Trinajstić information content (AvgIpc) is 1.69. The molecule has 0 radical (unpaired) electrons. The maximum Gasteiger partial charge on any atom is 0.408 e. The van der Waals surface area contributed by atoms with Crippen molar-refractivity contribution in [3.63, 3.8) is 0 Å². The van der Waals surface area contributed by atoms with E-state index in [1.165, 1.54) is 52.0 Å². The predicted molar refractivity (Wildman–Crippen MR) is 373 cm³/mol. The molecule has 1 aliphatic carbocycles. The van der Waals surface area contributed by atoms with Gasteiger partial charge in [-0.3, -0.25) is 38.4 Å². The number of likely N-dealkylation sites (N-methyl/N-ethyl adjacent to an activating group) is 1. The minimum Gasteiger partial charge on any atom is -0.460 e. The fourth-order valence-corrected chi connectivity index (χ4v) is 14.0. The highest BCUT2D eigenvalue weighted by molar-refractivity contribution is 7.12. The van der Waals surface area contributed by atoms with E-state index < -0.39 is 125 Å². The first-order chi connectivity index (χ1) is 46.6. The van der Waals surface area contributed by atoms with Crippen LogP contribution in [0.1, 0.15) is 207 Å². The van der Waals surface area contributed by atoms with Gasteiger partial charge in [0, 0.05) is 74.7 Å². The summed E-state index contributed by atoms with van der Waals surface area (Å²) in [5, 5.41) is 29.0. The van der Waals surface area contributed by atoms with Crippen molar-refractivity contribution in [3.8, 4) is 0 Å². The molecule has 1 unspecified atom stereocenters. The molecule has 99 heavy (non-hydrogen) atoms. The maximum absolute atomic E-state index is 14.5. The molecule has 9 N–H and O–H groups in total. The summed E-state index contributed by atoms with van der Waals surface area (Å²) in [6.07, 6.45) is 9.56. The van der Waals surface area contributed by atoms with Crippen LogP contribution in [-0.4, -0.2) is 172 Å². The number of ether oxygens (including phenoxy) is 4. The molecule has 4 fully saturated rings. The van der Waals surface area contributed by atoms with Crippen molar-refractivity contribution in [1.82, 2.24) is 41.4 Å². The molecular weight excluding hydrogens is 1290 g/mol. The molecule has 10 atom stereocenters. The number of ketones is 1. The Morgan fingerprint density at radius 3 is 2.19 bits per heavy atom. The fraction of sp³-hybridized carbons (Fsp3) is 0.694. The maximum atomic E-state index is 14.5. The summed E-state index contributed by atoms with van der Waals surface area (Å²) >= 11 is 1.51. The van der Waals surface area contributed by atoms with Gasteiger partial charge in [-0.2, -0.15) is 0 Å². The van der Waals surface area contributed by atoms with E-state index in [0.717, 1.165) is 46.0 Å². The summed E-state index contributed by atoms with van der Waals surface area (Å²) in [5.74, 6) is -6.21. The molecule has 4 aliphatic rings. The molecule has 550 valence electrons. The number of hydrogen-bond acceptors (Lipinski definition) is 18. The molecule has 2 aromatic rings. The number of benzene rings is 1. The molecule has 1 aromatic carbocycles. The van der Waals surface area contributed by atoms with Crippen LogP contribution in [0.5, 0.6) is 0 Å². The quantitative estimate of drug-likeness (QED) is 0.0154. The number of carbonyl (C=O) groups excluding carboxylic acids is 11. The van der Waals surface area contributed by atoms with E-state index in [-0.39, 0.29) is 81.1 Å². The largest absolute Gasteiger partial charge is 0.460 e. The number of Topliss-reactive ketones (excluding diaryl/α,β-unsaturated/α-hetero) is 1. The third kappa shape index (κ3) is 24.1. The first-order valence-electron chi connectivity index (χ1n) is 35.3. The number of nitrogens with one attached hydrogen (secondary N) is 6. The number of primary amides is 1. The van der Waals surface area contributed by atoms with Gasteiger partial charge in [-0.15, -0.1) is 11.3 Å². The van der Waals surface area contributed by atoms with Gasteiger partial charge >= 0.3 is 24.1 Å². The number of likely N-dealkylation sites (tertiary alicyclic amines) is 1. The number of esters is 2. The van der Waals surface area contributed by atoms with Gasteiger partial charge in [0.1, 0.15) is 48.3 Å². The molecule has 4 heterocycles. The summed E-state index contributed by atoms with van der Waals surface area (Å²) in [6.45, 7) is 21.0. The number of alkyl carbamates (subject to hydrolysis) is 1. The molecule has 1 saturated carbocycles. The van der Waals surface area contributed by atoms with E-state index in [4.69, 9.17) is 24.7 Å². The molecule has 0 bridgehead atoms. The summed E-state index contributed by atoms with van der Waals surface area (Å²) in [6, 6.07) is 2.35. The number of carbonyl (C=O) groups is 11. The number of aliphatic hydroxyl groups excluding tert-OH is 1. The molecule has 1 aromatic heterocycles. The van der Waals surface area contributed by atoms with Gasteiger partial charge in [0.2, 0.25) is 35.4 Å². The van der Waals surface area contributed by atoms with Gasteiger partial charge in [0.15, 0.2) is 0 Å². The second kappa shape index (κ2) is 36.7. The Labute approximate surface area is 587 Å². The van der Waals surface area contributed by atoms with Crippen LogP contribution < -0.4 is 37.6 Å². The van der Waals surface area contributed by atoms with E-state index in [2.05, 4.69) is 36.9 Å². The van der Waals surface area contributed by atoms with Crippen LogP contribution in [0.25, 0.3) is 6.08 Å². The first-order valence-corrected chi connectivity index (χ1v) is 36.1. The number of hydrogen-bond donors (Lipinski definition) is 8. The van der Waals surface area contributed by atoms with E-state index >= 15 is 0 Å². The molecule has 27 heteroatoms. The third-order valence-corrected chi connectivity index (χ3v) is 20.9. The van der Waals surface area contributed by atoms with Gasteiger partial charge in [-0.1, -0.05) is 85.8 Å². The Hall–Kier alpha value is -7.52. The zero-order chi connectivity index (χ0) is 73.1. The SMILES string of the molecule is C/C(=C\c1cnc(C)s1)[C@@H]1C[C@@H]2O[C@]2(C)CCC[C@H](C)C(OC(=O)[C@H](C)N(C)C(=O)C(C)(C)NC(=O)OCc2ccc(NC(=O)[C@H](CCCNC(N)=O)NC(=O)[C@@H](NC(=O)CCCC(=O)N3CCC(C(=O)NC4CCCCCC4)CC3)C(C)C)cc2)[C@@H](C)C(=O)C(C)(C)[C@@H](O)CC(=O)O1. The lowest BCUT2D eigenvalue weighted by Gasteiger charge is -2.37. The number of nitrogens with two attached hydrogens (primary N) is 1. The second-order valence-corrected chi connectivity index (χ2v) is 30.5. The molecule has 0 spiro atoms. The topological polar surface area (TPSA) is 366 Å². The normalized spacial score (nSPS) is 23.9. The van der Waals surface area contributed by atoms with Crippen LogP contribution in [0.3, 0.4) is 0 Å². The minimum absolute atomic E-state index is 0.0232. The molecule has 6 rings (SSSR count). The Morgan fingerprint density at radius 1 is 0.899 bits per heavy atom. The number of nitrogens with zero attached hydrogens (tertiary/aromatic N) is 3. The highest BCUT2D eigenvalue weighted by Gasteiger charge is 2.53. The zero-order valence-electron chi connectivity index (χ0n) is 60.3. The zero-order valence-corrected chi connectivity index (χ0v) is 61.2. The standard InChI is InChI=1S/C72H110N10O16S/c1-42(2)60(79-57(84)25-18-26-58(85)82-35-31-49(32-36-82)63(88)76-50-22-16-14-15-17-23-50)65(90)78-53(24-20-34-74-68(73)93)64(89)77-51-29-27-48(28-30-51)41-95-69(94)80-71(10,11)67(92)81(13)46(6)66(91)97-61-43(3)21-19-33-72(12)56(98-72)38-54(44(4)37-52-40-75-47(7)99-52)96-59(86)39-55(83)70(8,9)62(87)45(61)5/h27-30,37,40,42-43,45-46,49-50,53-56,60-61,83H,14-26,31-36,38-39,41H2,1-13H3,(H,76,88)(H,77,89)(H,78,90)(H,79,84)(H,80,94)(H3,73,74,93)/b44-37+/t43-,45+,46-,53-,54-,55-,56-,60-,61?,72+/m0/s1. The lowest BCUT2D eigenvalue weighted by molar-refractivity contribution is -0.167. The van der Waals surface area contributed by atoms with Crippen molar-refractivity contribution in [2.24, 2.45) is 34.8 Å². The van der Waals surface area contributed by atoms with Crippen molar-refractivity contribution < 1.29 is 76.8 Å². The Morgan fingerprint density at radius 2 is 1.57 bits per heavy atom. The molecular formula is C72H110N10O16S. The van der Waals surface area contributed by atoms with Gasteiger partial charge in [0.05, 0.1) is 40.6 Å². The molecule has 26 nitrogen and oxygen atoms in total. The summed E-state index contributed by atoms with van der Waals surface area (Å²) in [4.78, 5) is 156. The number of urea groups is 1. The Bertz CT molecular complexity index is 3170. The summed E-state index contributed by atoms with van der Waals surface area (Å²) < 4.78 is 24.0. The predicted octanol–water partition coefficient (Wildman–Crippen LogP) is 7.84. The highest BCUT2D eigenvalue weighted by atomic mass is 32.1. The third-order valence-electron chi connectivity index (χ3n) is 20.0. The second-order valence-electron chi connectivity index (χ2n) is 29.3. The number of thiazole rings is 1. The molecule has 3 aliphatic heterocycles.